The van der Waals surface area contributed by atoms with Gasteiger partial charge < -0.3 is 45.0 Å². The molecule has 3 aromatic carbocycles. The molecular weight excluding hydrogens is 656 g/mol. The number of carbonyl (C=O) groups is 4. The van der Waals surface area contributed by atoms with Crippen LogP contribution >= 0.6 is 0 Å². The summed E-state index contributed by atoms with van der Waals surface area (Å²) >= 11 is 0. The molecule has 1 aliphatic rings. The van der Waals surface area contributed by atoms with Crippen molar-refractivity contribution >= 4 is 45.8 Å². The molecule has 15 nitrogen and oxygen atoms in total. The first-order valence-electron chi connectivity index (χ1n) is 16.8. The van der Waals surface area contributed by atoms with Gasteiger partial charge in [0.25, 0.3) is 0 Å². The van der Waals surface area contributed by atoms with Crippen LogP contribution in [0.2, 0.25) is 0 Å². The van der Waals surface area contributed by atoms with Gasteiger partial charge in [-0.15, -0.1) is 0 Å². The summed E-state index contributed by atoms with van der Waals surface area (Å²) in [6.45, 7) is 5.33. The van der Waals surface area contributed by atoms with Crippen molar-refractivity contribution in [3.8, 4) is 28.1 Å². The van der Waals surface area contributed by atoms with Crippen LogP contribution in [-0.4, -0.2) is 92.1 Å². The molecule has 1 aliphatic heterocycles. The van der Waals surface area contributed by atoms with Crippen molar-refractivity contribution in [3.05, 3.63) is 65.9 Å². The molecule has 0 spiro atoms. The van der Waals surface area contributed by atoms with Crippen LogP contribution in [0.4, 0.5) is 9.59 Å². The summed E-state index contributed by atoms with van der Waals surface area (Å²) in [6, 6.07) is 14.3. The van der Waals surface area contributed by atoms with Crippen LogP contribution in [0.15, 0.2) is 48.7 Å². The Morgan fingerprint density at radius 2 is 1.63 bits per heavy atom. The monoisotopic (exact) mass is 696 g/mol. The molecule has 5 N–H and O–H groups in total. The van der Waals surface area contributed by atoms with Gasteiger partial charge in [0.2, 0.25) is 11.8 Å². The fourth-order valence-electron chi connectivity index (χ4n) is 6.26. The van der Waals surface area contributed by atoms with Crippen LogP contribution in [0.1, 0.15) is 43.9 Å². The lowest BCUT2D eigenvalue weighted by atomic mass is 9.92. The van der Waals surface area contributed by atoms with Gasteiger partial charge in [-0.1, -0.05) is 32.0 Å². The van der Waals surface area contributed by atoms with E-state index in [0.29, 0.717) is 31.3 Å². The summed E-state index contributed by atoms with van der Waals surface area (Å²) < 4.78 is 10.8. The SMILES string of the molecule is CCCN(Cc1ncc(-c2ccc3c(c2)COc2cc4c(ccc5nc(CN(CCC)C(=O)CNC(=O)O)[nH]c54)cc2-3)[nH]1)C(=O)CNC(=O)OC. The average molecular weight is 697 g/mol. The minimum Gasteiger partial charge on any atom is -0.488 e. The summed E-state index contributed by atoms with van der Waals surface area (Å²) in [5, 5.41) is 15.4. The number of carboxylic acid groups (broad SMARTS) is 1. The van der Waals surface area contributed by atoms with Crippen molar-refractivity contribution in [2.75, 3.05) is 33.3 Å². The molecule has 0 fully saturated rings. The number of benzene rings is 3. The van der Waals surface area contributed by atoms with Crippen LogP contribution in [0, 0.1) is 0 Å². The maximum atomic E-state index is 12.7. The van der Waals surface area contributed by atoms with E-state index in [4.69, 9.17) is 14.8 Å². The van der Waals surface area contributed by atoms with Crippen molar-refractivity contribution in [1.29, 1.82) is 0 Å². The second-order valence-corrected chi connectivity index (χ2v) is 12.3. The summed E-state index contributed by atoms with van der Waals surface area (Å²) in [6.07, 6.45) is 1.31. The molecule has 0 atom stereocenters. The lowest BCUT2D eigenvalue weighted by Gasteiger charge is -2.22. The standard InChI is InChI=1S/C36H40N8O7/c1-4-10-43(33(46)17-39-36(49)50-3)18-30-37-15-28(41-30)22-6-8-24-23(12-22)20-51-29-14-25-21(13-26(24)29)7-9-27-34(25)42-31(40-27)19-44(11-5-2)32(45)16-38-35(47)48/h6-9,12-15,38H,4-5,10-11,16-20H2,1-3H3,(H,37,41)(H,39,49)(H,40,42)(H,47,48). The number of carbonyl (C=O) groups excluding carboxylic acids is 3. The summed E-state index contributed by atoms with van der Waals surface area (Å²) in [4.78, 5) is 66.9. The quantitative estimate of drug-likeness (QED) is 0.115. The number of fused-ring (bicyclic) bond motifs is 6. The van der Waals surface area contributed by atoms with Crippen molar-refractivity contribution in [1.82, 2.24) is 40.4 Å². The molecule has 0 unspecified atom stereocenters. The number of aromatic amines is 2. The third-order valence-corrected chi connectivity index (χ3v) is 8.67. The topological polar surface area (TPSA) is 195 Å². The van der Waals surface area contributed by atoms with E-state index in [-0.39, 0.29) is 38.0 Å². The van der Waals surface area contributed by atoms with E-state index < -0.39 is 12.2 Å². The van der Waals surface area contributed by atoms with E-state index in [1.165, 1.54) is 7.11 Å². The number of rotatable bonds is 13. The zero-order valence-corrected chi connectivity index (χ0v) is 28.7. The van der Waals surface area contributed by atoms with Gasteiger partial charge in [-0.25, -0.2) is 19.6 Å². The number of H-pyrrole nitrogens is 2. The maximum absolute atomic E-state index is 12.7. The van der Waals surface area contributed by atoms with Crippen LogP contribution in [-0.2, 0) is 34.0 Å². The van der Waals surface area contributed by atoms with E-state index >= 15 is 0 Å². The van der Waals surface area contributed by atoms with E-state index in [0.717, 1.165) is 68.3 Å². The Bertz CT molecular complexity index is 2110. The molecule has 0 saturated heterocycles. The number of imidazole rings is 2. The Hall–Kier alpha value is -6.12. The lowest BCUT2D eigenvalue weighted by Crippen LogP contribution is -2.40. The highest BCUT2D eigenvalue weighted by atomic mass is 16.5. The number of alkyl carbamates (subject to hydrolysis) is 1. The third kappa shape index (κ3) is 7.71. The Balaban J connectivity index is 1.21. The summed E-state index contributed by atoms with van der Waals surface area (Å²) in [5.74, 6) is 1.43. The van der Waals surface area contributed by atoms with E-state index in [1.807, 2.05) is 38.1 Å². The molecule has 15 heteroatoms. The van der Waals surface area contributed by atoms with Crippen molar-refractivity contribution in [2.24, 2.45) is 0 Å². The molecule has 0 aliphatic carbocycles. The largest absolute Gasteiger partial charge is 0.488 e. The zero-order valence-electron chi connectivity index (χ0n) is 28.7. The number of hydrogen-bond acceptors (Lipinski definition) is 8. The fourth-order valence-corrected chi connectivity index (χ4v) is 6.26. The number of nitrogens with one attached hydrogen (secondary N) is 4. The van der Waals surface area contributed by atoms with Crippen LogP contribution < -0.4 is 15.4 Å². The van der Waals surface area contributed by atoms with Gasteiger partial charge in [-0.05, 0) is 59.2 Å². The van der Waals surface area contributed by atoms with Crippen molar-refractivity contribution in [2.45, 2.75) is 46.4 Å². The minimum absolute atomic E-state index is 0.161. The normalized spacial score (nSPS) is 11.7. The first-order chi connectivity index (χ1) is 24.7. The molecule has 0 bridgehead atoms. The Morgan fingerprint density at radius 3 is 2.33 bits per heavy atom. The van der Waals surface area contributed by atoms with E-state index in [2.05, 4.69) is 48.5 Å². The Labute approximate surface area is 293 Å². The molecule has 5 aromatic rings. The number of amides is 4. The Morgan fingerprint density at radius 1 is 0.902 bits per heavy atom. The average Bonchev–Trinajstić information content (AvgIpc) is 3.78. The predicted molar refractivity (Wildman–Crippen MR) is 189 cm³/mol. The second-order valence-electron chi connectivity index (χ2n) is 12.3. The predicted octanol–water partition coefficient (Wildman–Crippen LogP) is 4.77. The highest BCUT2D eigenvalue weighted by molar-refractivity contribution is 6.07. The van der Waals surface area contributed by atoms with Crippen LogP contribution in [0.25, 0.3) is 44.2 Å². The van der Waals surface area contributed by atoms with Gasteiger partial charge in [0.1, 0.15) is 37.1 Å². The van der Waals surface area contributed by atoms with Gasteiger partial charge in [-0.2, -0.15) is 0 Å². The highest BCUT2D eigenvalue weighted by Gasteiger charge is 2.22. The highest BCUT2D eigenvalue weighted by Crippen LogP contribution is 2.42. The first-order valence-corrected chi connectivity index (χ1v) is 16.8. The maximum Gasteiger partial charge on any atom is 0.407 e. The van der Waals surface area contributed by atoms with Gasteiger partial charge in [0.15, 0.2) is 0 Å². The number of aromatic nitrogens is 4. The zero-order chi connectivity index (χ0) is 36.1. The van der Waals surface area contributed by atoms with Crippen molar-refractivity contribution < 1.29 is 33.8 Å². The lowest BCUT2D eigenvalue weighted by molar-refractivity contribution is -0.131. The molecule has 6 rings (SSSR count). The number of nitrogens with zero attached hydrogens (tertiary/aromatic N) is 4. The first kappa shape index (κ1) is 34.7. The van der Waals surface area contributed by atoms with Gasteiger partial charge >= 0.3 is 12.2 Å². The van der Waals surface area contributed by atoms with Crippen molar-refractivity contribution in [3.63, 3.8) is 0 Å². The van der Waals surface area contributed by atoms with Crippen LogP contribution in [0.5, 0.6) is 5.75 Å². The molecule has 0 saturated carbocycles. The van der Waals surface area contributed by atoms with E-state index in [1.54, 1.807) is 16.0 Å². The molecular formula is C36H40N8O7. The Kier molecular flexibility index (Phi) is 10.3. The summed E-state index contributed by atoms with van der Waals surface area (Å²) in [7, 11) is 1.25. The molecule has 2 aromatic heterocycles. The fraction of sp³-hybridized carbons (Fsp3) is 0.333. The molecule has 3 heterocycles. The van der Waals surface area contributed by atoms with E-state index in [9.17, 15) is 19.2 Å². The van der Waals surface area contributed by atoms with Crippen LogP contribution in [0.3, 0.4) is 0 Å². The smallest absolute Gasteiger partial charge is 0.407 e. The molecule has 4 amide bonds. The molecule has 0 radical (unpaired) electrons. The number of hydrogen-bond donors (Lipinski definition) is 5. The minimum atomic E-state index is -1.25. The number of methoxy groups -OCH3 is 1. The molecule has 266 valence electrons. The second kappa shape index (κ2) is 15.2. The van der Waals surface area contributed by atoms with Gasteiger partial charge in [0.05, 0.1) is 43.1 Å². The summed E-state index contributed by atoms with van der Waals surface area (Å²) in [5.41, 5.74) is 6.38. The third-order valence-electron chi connectivity index (χ3n) is 8.67. The van der Waals surface area contributed by atoms with Gasteiger partial charge in [-0.3, -0.25) is 9.59 Å². The molecule has 51 heavy (non-hydrogen) atoms. The van der Waals surface area contributed by atoms with Gasteiger partial charge in [0, 0.05) is 24.0 Å². The number of ether oxygens (including phenoxy) is 2.